The molecule has 0 rings (SSSR count). The minimum Gasteiger partial charge on any atom is -1.00 e. The van der Waals surface area contributed by atoms with Crippen molar-refractivity contribution in [1.82, 2.24) is 0 Å². The van der Waals surface area contributed by atoms with Crippen LogP contribution in [0.3, 0.4) is 0 Å². The molecule has 0 aliphatic rings. The summed E-state index contributed by atoms with van der Waals surface area (Å²) in [5, 5.41) is 0.245. The van der Waals surface area contributed by atoms with Crippen molar-refractivity contribution in [3.63, 3.8) is 0 Å². The van der Waals surface area contributed by atoms with Crippen molar-refractivity contribution in [2.75, 3.05) is 13.2 Å². The summed E-state index contributed by atoms with van der Waals surface area (Å²) < 4.78 is 9.10. The Morgan fingerprint density at radius 3 is 1.31 bits per heavy atom. The summed E-state index contributed by atoms with van der Waals surface area (Å²) in [6.07, 6.45) is 0. The van der Waals surface area contributed by atoms with Crippen molar-refractivity contribution in [1.29, 1.82) is 0 Å². The van der Waals surface area contributed by atoms with E-state index in [0.29, 0.717) is 13.2 Å². The first-order valence-corrected chi connectivity index (χ1v) is 4.20. The number of thiocarbonyl (C=S) groups is 2. The fraction of sp³-hybridized carbons (Fsp3) is 0.667. The Labute approximate surface area is 134 Å². The summed E-state index contributed by atoms with van der Waals surface area (Å²) >= 11 is 8.70. The minimum atomic E-state index is 0. The molecule has 0 heterocycles. The first-order chi connectivity index (χ1) is 5.54. The van der Waals surface area contributed by atoms with Gasteiger partial charge in [0.15, 0.2) is 0 Å². The summed E-state index contributed by atoms with van der Waals surface area (Å²) in [4.78, 5) is 0. The van der Waals surface area contributed by atoms with E-state index in [1.54, 1.807) is 0 Å². The summed E-state index contributed by atoms with van der Waals surface area (Å²) in [5.74, 6) is 0. The van der Waals surface area contributed by atoms with Gasteiger partial charge in [-0.05, 0) is 38.3 Å². The van der Waals surface area contributed by atoms with Crippen LogP contribution < -0.4 is 62.9 Å². The molecule has 0 atom stereocenters. The van der Waals surface area contributed by atoms with Crippen LogP contribution in [-0.2, 0) is 9.47 Å². The first kappa shape index (κ1) is 19.6. The van der Waals surface area contributed by atoms with Crippen molar-refractivity contribution in [3.8, 4) is 0 Å². The van der Waals surface area contributed by atoms with E-state index >= 15 is 0 Å². The molecule has 0 amide bonds. The molecule has 0 fully saturated rings. The molecule has 0 aliphatic heterocycles. The summed E-state index contributed by atoms with van der Waals surface area (Å²) in [5.41, 5.74) is 9.82. The Morgan fingerprint density at radius 1 is 1.08 bits per heavy atom. The maximum atomic E-state index is 4.91. The fourth-order valence-electron chi connectivity index (χ4n) is 0.285. The van der Waals surface area contributed by atoms with E-state index < -0.39 is 0 Å². The second-order valence-corrected chi connectivity index (χ2v) is 2.31. The molecule has 0 saturated carbocycles. The van der Waals surface area contributed by atoms with Gasteiger partial charge < -0.3 is 22.4 Å². The third-order valence-corrected chi connectivity index (χ3v) is 0.809. The zero-order chi connectivity index (χ0) is 9.98. The molecule has 13 heavy (non-hydrogen) atoms. The fourth-order valence-corrected chi connectivity index (χ4v) is 0.520. The molecule has 7 heteroatoms. The van der Waals surface area contributed by atoms with Crippen LogP contribution in [0.25, 0.3) is 0 Å². The van der Waals surface area contributed by atoms with E-state index in [2.05, 4.69) is 33.9 Å². The van der Waals surface area contributed by atoms with Gasteiger partial charge >= 0.3 is 51.4 Å². The van der Waals surface area contributed by atoms with Crippen molar-refractivity contribution < 1.29 is 62.3 Å². The van der Waals surface area contributed by atoms with E-state index in [9.17, 15) is 0 Å². The topological polar surface area (TPSA) is 70.5 Å². The number of rotatable bonds is 2. The Hall–Kier alpha value is 1.02. The molecular formula is C6H15KN2O2S2. The van der Waals surface area contributed by atoms with E-state index in [1.807, 2.05) is 13.8 Å². The number of nitrogens with two attached hydrogens (primary N) is 2. The molecule has 0 aromatic heterocycles. The van der Waals surface area contributed by atoms with Gasteiger partial charge in [-0.25, -0.2) is 0 Å². The van der Waals surface area contributed by atoms with Crippen LogP contribution in [0.5, 0.6) is 0 Å². The van der Waals surface area contributed by atoms with Gasteiger partial charge in [0.25, 0.3) is 10.3 Å². The SMILES string of the molecule is CCOC(N)=S.CCOC(N)=S.[H-].[K+]. The van der Waals surface area contributed by atoms with Crippen molar-refractivity contribution in [2.24, 2.45) is 11.5 Å². The predicted octanol–water partition coefficient (Wildman–Crippen LogP) is -2.35. The third-order valence-electron chi connectivity index (χ3n) is 0.573. The van der Waals surface area contributed by atoms with Crippen molar-refractivity contribution in [3.05, 3.63) is 0 Å². The number of ether oxygens (including phenoxy) is 2. The largest absolute Gasteiger partial charge is 1.00 e. The summed E-state index contributed by atoms with van der Waals surface area (Å²) in [7, 11) is 0. The maximum Gasteiger partial charge on any atom is 1.00 e. The van der Waals surface area contributed by atoms with E-state index in [1.165, 1.54) is 0 Å². The van der Waals surface area contributed by atoms with Crippen LogP contribution in [0.4, 0.5) is 0 Å². The van der Waals surface area contributed by atoms with E-state index in [-0.39, 0.29) is 63.2 Å². The third kappa shape index (κ3) is 32.1. The summed E-state index contributed by atoms with van der Waals surface area (Å²) in [6.45, 7) is 4.79. The van der Waals surface area contributed by atoms with Crippen LogP contribution in [0.15, 0.2) is 0 Å². The zero-order valence-corrected chi connectivity index (χ0v) is 13.0. The Balaban J connectivity index is -0.0000000625. The average molecular weight is 250 g/mol. The minimum absolute atomic E-state index is 0. The van der Waals surface area contributed by atoms with Crippen molar-refractivity contribution in [2.45, 2.75) is 13.8 Å². The summed E-state index contributed by atoms with van der Waals surface area (Å²) in [6, 6.07) is 0. The van der Waals surface area contributed by atoms with E-state index in [0.717, 1.165) is 0 Å². The molecule has 4 N–H and O–H groups in total. The molecule has 0 spiro atoms. The quantitative estimate of drug-likeness (QED) is 0.422. The van der Waals surface area contributed by atoms with Gasteiger partial charge in [-0.2, -0.15) is 0 Å². The van der Waals surface area contributed by atoms with Crippen LogP contribution in [-0.4, -0.2) is 23.6 Å². The van der Waals surface area contributed by atoms with Crippen LogP contribution in [0.2, 0.25) is 0 Å². The van der Waals surface area contributed by atoms with Gasteiger partial charge in [-0.15, -0.1) is 0 Å². The van der Waals surface area contributed by atoms with Crippen LogP contribution in [0.1, 0.15) is 15.3 Å². The van der Waals surface area contributed by atoms with E-state index in [4.69, 9.17) is 11.5 Å². The Morgan fingerprint density at radius 2 is 1.31 bits per heavy atom. The maximum absolute atomic E-state index is 4.91. The molecule has 0 bridgehead atoms. The number of hydrogen-bond donors (Lipinski definition) is 2. The molecule has 0 aromatic carbocycles. The smallest absolute Gasteiger partial charge is 1.00 e. The Kier molecular flexibility index (Phi) is 23.3. The molecular weight excluding hydrogens is 235 g/mol. The molecule has 74 valence electrons. The van der Waals surface area contributed by atoms with Gasteiger partial charge in [0, 0.05) is 0 Å². The van der Waals surface area contributed by atoms with Gasteiger partial charge in [0.05, 0.1) is 13.2 Å². The molecule has 0 aromatic rings. The van der Waals surface area contributed by atoms with Gasteiger partial charge in [-0.1, -0.05) is 0 Å². The number of hydrogen-bond acceptors (Lipinski definition) is 4. The standard InChI is InChI=1S/2C3H7NOS.K.H/c2*1-2-5-3(4)6;;/h2*2H2,1H3,(H2,4,6);;/q;;+1;-1. The van der Waals surface area contributed by atoms with Crippen molar-refractivity contribution >= 4 is 34.8 Å². The Bertz CT molecular complexity index is 136. The van der Waals surface area contributed by atoms with Crippen LogP contribution >= 0.6 is 24.4 Å². The molecule has 0 aliphatic carbocycles. The molecule has 0 unspecified atom stereocenters. The molecule has 4 nitrogen and oxygen atoms in total. The monoisotopic (exact) mass is 250 g/mol. The first-order valence-electron chi connectivity index (χ1n) is 3.39. The predicted molar refractivity (Wildman–Crippen MR) is 57.9 cm³/mol. The molecule has 0 saturated heterocycles. The van der Waals surface area contributed by atoms with Crippen LogP contribution in [0, 0.1) is 0 Å². The molecule has 0 radical (unpaired) electrons. The average Bonchev–Trinajstić information content (AvgIpc) is 1.87. The van der Waals surface area contributed by atoms with Gasteiger partial charge in [0.1, 0.15) is 0 Å². The zero-order valence-electron chi connectivity index (χ0n) is 9.20. The second-order valence-electron chi connectivity index (χ2n) is 1.50. The van der Waals surface area contributed by atoms with Gasteiger partial charge in [0.2, 0.25) is 0 Å². The van der Waals surface area contributed by atoms with Gasteiger partial charge in [-0.3, -0.25) is 0 Å². The normalized spacial score (nSPS) is 6.92. The second kappa shape index (κ2) is 15.5.